The predicted octanol–water partition coefficient (Wildman–Crippen LogP) is 4.02. The number of rotatable bonds is 5. The maximum Gasteiger partial charge on any atom is 0.297 e. The molecule has 5 nitrogen and oxygen atoms in total. The summed E-state index contributed by atoms with van der Waals surface area (Å²) in [6.45, 7) is 1.68. The van der Waals surface area contributed by atoms with Gasteiger partial charge in [-0.05, 0) is 42.3 Å². The number of H-pyrrole nitrogens is 1. The van der Waals surface area contributed by atoms with E-state index in [0.717, 1.165) is 5.56 Å². The summed E-state index contributed by atoms with van der Waals surface area (Å²) in [4.78, 5) is 14.5. The van der Waals surface area contributed by atoms with Crippen molar-refractivity contribution in [2.24, 2.45) is 0 Å². The zero-order valence-corrected chi connectivity index (χ0v) is 16.3. The second-order valence-corrected chi connectivity index (χ2v) is 8.26. The summed E-state index contributed by atoms with van der Waals surface area (Å²) < 4.78 is 31.5. The fraction of sp³-hybridized carbons (Fsp3) is 0.105. The number of hydrogen-bond acceptors (Lipinski definition) is 4. The van der Waals surface area contributed by atoms with E-state index in [1.54, 1.807) is 37.3 Å². The van der Waals surface area contributed by atoms with Gasteiger partial charge in [-0.1, -0.05) is 46.3 Å². The minimum absolute atomic E-state index is 0.0154. The fourth-order valence-corrected chi connectivity index (χ4v) is 4.03. The van der Waals surface area contributed by atoms with Gasteiger partial charge in [0.25, 0.3) is 10.1 Å². The van der Waals surface area contributed by atoms with Gasteiger partial charge >= 0.3 is 0 Å². The van der Waals surface area contributed by atoms with Crippen LogP contribution in [0.4, 0.5) is 0 Å². The van der Waals surface area contributed by atoms with Crippen molar-refractivity contribution in [3.05, 3.63) is 86.7 Å². The average Bonchev–Trinajstić information content (AvgIpc) is 2.60. The van der Waals surface area contributed by atoms with Crippen LogP contribution >= 0.6 is 15.9 Å². The van der Waals surface area contributed by atoms with E-state index in [-0.39, 0.29) is 17.1 Å². The van der Waals surface area contributed by atoms with Gasteiger partial charge in [0.2, 0.25) is 5.56 Å². The number of halogens is 1. The third-order valence-corrected chi connectivity index (χ3v) is 5.54. The maximum absolute atomic E-state index is 12.8. The van der Waals surface area contributed by atoms with Crippen LogP contribution < -0.4 is 5.56 Å². The standard InChI is InChI=1S/C19H16BrNO4S/c1-13-9-15(10-19(22)21-13)17-11-16(20)7-8-18(17)26(23,24)25-12-14-5-3-2-4-6-14/h2-11H,12H2,1H3,(H,21,22). The molecule has 0 aliphatic rings. The van der Waals surface area contributed by atoms with Crippen molar-refractivity contribution in [2.75, 3.05) is 0 Å². The summed E-state index contributed by atoms with van der Waals surface area (Å²) in [5.74, 6) is 0. The first-order valence-corrected chi connectivity index (χ1v) is 9.99. The van der Waals surface area contributed by atoms with Gasteiger partial charge in [0.15, 0.2) is 0 Å². The highest BCUT2D eigenvalue weighted by Crippen LogP contribution is 2.31. The lowest BCUT2D eigenvalue weighted by Crippen LogP contribution is -2.10. The molecule has 0 radical (unpaired) electrons. The van der Waals surface area contributed by atoms with E-state index in [2.05, 4.69) is 20.9 Å². The number of aryl methyl sites for hydroxylation is 1. The molecule has 0 bridgehead atoms. The van der Waals surface area contributed by atoms with E-state index in [1.165, 1.54) is 12.1 Å². The summed E-state index contributed by atoms with van der Waals surface area (Å²) in [6, 6.07) is 16.9. The van der Waals surface area contributed by atoms with E-state index >= 15 is 0 Å². The SMILES string of the molecule is Cc1cc(-c2cc(Br)ccc2S(=O)(=O)OCc2ccccc2)cc(=O)[nH]1. The molecule has 0 fully saturated rings. The van der Waals surface area contributed by atoms with Crippen LogP contribution in [0.15, 0.2) is 74.8 Å². The molecule has 26 heavy (non-hydrogen) atoms. The maximum atomic E-state index is 12.8. The molecule has 2 aromatic carbocycles. The van der Waals surface area contributed by atoms with Crippen molar-refractivity contribution >= 4 is 26.0 Å². The average molecular weight is 434 g/mol. The molecule has 0 spiro atoms. The van der Waals surface area contributed by atoms with Gasteiger partial charge in [0, 0.05) is 21.8 Å². The van der Waals surface area contributed by atoms with Gasteiger partial charge in [-0.15, -0.1) is 0 Å². The molecule has 134 valence electrons. The normalized spacial score (nSPS) is 11.5. The third kappa shape index (κ3) is 4.30. The smallest absolute Gasteiger partial charge is 0.297 e. The molecule has 1 heterocycles. The Morgan fingerprint density at radius 3 is 2.46 bits per heavy atom. The Hall–Kier alpha value is -2.22. The van der Waals surface area contributed by atoms with Crippen LogP contribution in [0.5, 0.6) is 0 Å². The Labute approximate surface area is 159 Å². The lowest BCUT2D eigenvalue weighted by atomic mass is 10.1. The van der Waals surface area contributed by atoms with Gasteiger partial charge in [0.05, 0.1) is 6.61 Å². The summed E-state index contributed by atoms with van der Waals surface area (Å²) >= 11 is 3.35. The predicted molar refractivity (Wildman–Crippen MR) is 103 cm³/mol. The lowest BCUT2D eigenvalue weighted by molar-refractivity contribution is 0.308. The second kappa shape index (κ2) is 7.57. The van der Waals surface area contributed by atoms with Crippen molar-refractivity contribution in [2.45, 2.75) is 18.4 Å². The molecule has 0 saturated heterocycles. The largest absolute Gasteiger partial charge is 0.326 e. The van der Waals surface area contributed by atoms with E-state index < -0.39 is 10.1 Å². The lowest BCUT2D eigenvalue weighted by Gasteiger charge is -2.12. The van der Waals surface area contributed by atoms with Crippen molar-refractivity contribution in [1.29, 1.82) is 0 Å². The number of pyridine rings is 1. The first-order valence-electron chi connectivity index (χ1n) is 7.79. The molecule has 0 saturated carbocycles. The van der Waals surface area contributed by atoms with Crippen LogP contribution in [0.25, 0.3) is 11.1 Å². The summed E-state index contributed by atoms with van der Waals surface area (Å²) in [5, 5.41) is 0. The zero-order valence-electron chi connectivity index (χ0n) is 13.9. The summed E-state index contributed by atoms with van der Waals surface area (Å²) in [5.41, 5.74) is 2.01. The Balaban J connectivity index is 2.03. The van der Waals surface area contributed by atoms with E-state index in [4.69, 9.17) is 4.18 Å². The number of aromatic amines is 1. The van der Waals surface area contributed by atoms with Crippen LogP contribution in [-0.4, -0.2) is 13.4 Å². The number of nitrogens with one attached hydrogen (secondary N) is 1. The Kier molecular flexibility index (Phi) is 5.41. The van der Waals surface area contributed by atoms with Crippen LogP contribution in [0.3, 0.4) is 0 Å². The third-order valence-electron chi connectivity index (χ3n) is 3.72. The van der Waals surface area contributed by atoms with Crippen LogP contribution in [0, 0.1) is 6.92 Å². The molecule has 3 rings (SSSR count). The van der Waals surface area contributed by atoms with Gasteiger partial charge in [-0.3, -0.25) is 8.98 Å². The summed E-state index contributed by atoms with van der Waals surface area (Å²) in [6.07, 6.45) is 0. The number of benzene rings is 2. The molecule has 1 aromatic heterocycles. The topological polar surface area (TPSA) is 76.2 Å². The second-order valence-electron chi connectivity index (χ2n) is 5.76. The van der Waals surface area contributed by atoms with Crippen molar-refractivity contribution < 1.29 is 12.6 Å². The Morgan fingerprint density at radius 2 is 1.77 bits per heavy atom. The Morgan fingerprint density at radius 1 is 1.04 bits per heavy atom. The zero-order chi connectivity index (χ0) is 18.7. The Bertz CT molecular complexity index is 1090. The highest BCUT2D eigenvalue weighted by atomic mass is 79.9. The van der Waals surface area contributed by atoms with Crippen molar-refractivity contribution in [1.82, 2.24) is 4.98 Å². The monoisotopic (exact) mass is 433 g/mol. The first kappa shape index (κ1) is 18.6. The molecular weight excluding hydrogens is 418 g/mol. The highest BCUT2D eigenvalue weighted by molar-refractivity contribution is 9.10. The minimum Gasteiger partial charge on any atom is -0.326 e. The molecule has 0 atom stereocenters. The number of hydrogen-bond donors (Lipinski definition) is 1. The molecule has 0 aliphatic heterocycles. The highest BCUT2D eigenvalue weighted by Gasteiger charge is 2.21. The van der Waals surface area contributed by atoms with E-state index in [1.807, 2.05) is 18.2 Å². The van der Waals surface area contributed by atoms with Gasteiger partial charge in [-0.2, -0.15) is 8.42 Å². The molecule has 0 amide bonds. The van der Waals surface area contributed by atoms with E-state index in [0.29, 0.717) is 21.3 Å². The van der Waals surface area contributed by atoms with Crippen molar-refractivity contribution in [3.8, 4) is 11.1 Å². The van der Waals surface area contributed by atoms with E-state index in [9.17, 15) is 13.2 Å². The quantitative estimate of drug-likeness (QED) is 0.616. The van der Waals surface area contributed by atoms with Crippen LogP contribution in [0.1, 0.15) is 11.3 Å². The number of aromatic nitrogens is 1. The van der Waals surface area contributed by atoms with Crippen molar-refractivity contribution in [3.63, 3.8) is 0 Å². The minimum atomic E-state index is -4.01. The van der Waals surface area contributed by atoms with Gasteiger partial charge < -0.3 is 4.98 Å². The fourth-order valence-electron chi connectivity index (χ4n) is 2.57. The van der Waals surface area contributed by atoms with Gasteiger partial charge in [-0.25, -0.2) is 0 Å². The summed E-state index contributed by atoms with van der Waals surface area (Å²) in [7, 11) is -4.01. The molecule has 1 N–H and O–H groups in total. The van der Waals surface area contributed by atoms with Gasteiger partial charge in [0.1, 0.15) is 4.90 Å². The molecule has 7 heteroatoms. The van der Waals surface area contributed by atoms with Crippen LogP contribution in [-0.2, 0) is 20.9 Å². The molecular formula is C19H16BrNO4S. The molecule has 0 aliphatic carbocycles. The van der Waals surface area contributed by atoms with Crippen LogP contribution in [0.2, 0.25) is 0 Å². The first-order chi connectivity index (χ1) is 12.3. The molecule has 3 aromatic rings. The molecule has 0 unspecified atom stereocenters.